The van der Waals surface area contributed by atoms with E-state index in [4.69, 9.17) is 5.73 Å². The van der Waals surface area contributed by atoms with E-state index in [2.05, 4.69) is 9.97 Å². The molecule has 0 aliphatic rings. The molecule has 3 nitrogen and oxygen atoms in total. The Morgan fingerprint density at radius 2 is 2.17 bits per heavy atom. The van der Waals surface area contributed by atoms with Crippen LogP contribution in [0.25, 0.3) is 17.1 Å². The summed E-state index contributed by atoms with van der Waals surface area (Å²) >= 11 is 0. The molecule has 0 spiro atoms. The number of para-hydroxylation sites is 2. The zero-order valence-electron chi connectivity index (χ0n) is 6.49. The third kappa shape index (κ3) is 1.05. The maximum atomic E-state index is 5.24. The van der Waals surface area contributed by atoms with Crippen molar-refractivity contribution < 1.29 is 0 Å². The number of rotatable bonds is 1. The van der Waals surface area contributed by atoms with Gasteiger partial charge in [-0.05, 0) is 24.4 Å². The fourth-order valence-electron chi connectivity index (χ4n) is 1.14. The predicted molar refractivity (Wildman–Crippen MR) is 49.3 cm³/mol. The summed E-state index contributed by atoms with van der Waals surface area (Å²) in [6.45, 7) is 0. The van der Waals surface area contributed by atoms with Gasteiger partial charge in [0, 0.05) is 0 Å². The molecular formula is C9H9N3. The lowest BCUT2D eigenvalue weighted by Crippen LogP contribution is -1.78. The van der Waals surface area contributed by atoms with Crippen LogP contribution in [-0.2, 0) is 0 Å². The number of hydrogen-bond donors (Lipinski definition) is 2. The van der Waals surface area contributed by atoms with Crippen molar-refractivity contribution in [2.24, 2.45) is 5.73 Å². The lowest BCUT2D eigenvalue weighted by molar-refractivity contribution is 1.29. The first kappa shape index (κ1) is 6.91. The number of fused-ring (bicyclic) bond motifs is 1. The van der Waals surface area contributed by atoms with Gasteiger partial charge in [0.1, 0.15) is 5.82 Å². The first-order chi connectivity index (χ1) is 5.90. The summed E-state index contributed by atoms with van der Waals surface area (Å²) in [7, 11) is 0. The van der Waals surface area contributed by atoms with Gasteiger partial charge >= 0.3 is 0 Å². The Balaban J connectivity index is 2.62. The van der Waals surface area contributed by atoms with Crippen LogP contribution in [0.1, 0.15) is 5.82 Å². The summed E-state index contributed by atoms with van der Waals surface area (Å²) < 4.78 is 0. The van der Waals surface area contributed by atoms with Crippen molar-refractivity contribution in [3.8, 4) is 0 Å². The lowest BCUT2D eigenvalue weighted by Gasteiger charge is -1.81. The van der Waals surface area contributed by atoms with Crippen LogP contribution in [0, 0.1) is 0 Å². The highest BCUT2D eigenvalue weighted by Gasteiger charge is 1.96. The number of nitrogens with two attached hydrogens (primary N) is 1. The minimum absolute atomic E-state index is 0.790. The molecule has 2 aromatic rings. The first-order valence-corrected chi connectivity index (χ1v) is 3.73. The molecule has 1 heterocycles. The number of aromatic nitrogens is 2. The molecule has 3 heteroatoms. The third-order valence-corrected chi connectivity index (χ3v) is 1.66. The molecule has 12 heavy (non-hydrogen) atoms. The van der Waals surface area contributed by atoms with Gasteiger partial charge < -0.3 is 10.7 Å². The summed E-state index contributed by atoms with van der Waals surface area (Å²) in [6, 6.07) is 7.87. The van der Waals surface area contributed by atoms with E-state index in [1.807, 2.05) is 24.3 Å². The molecule has 0 unspecified atom stereocenters. The van der Waals surface area contributed by atoms with Gasteiger partial charge in [-0.25, -0.2) is 4.98 Å². The number of imidazole rings is 1. The van der Waals surface area contributed by atoms with Crippen LogP contribution in [0.15, 0.2) is 30.5 Å². The average Bonchev–Trinajstić information content (AvgIpc) is 2.47. The number of aromatic amines is 1. The van der Waals surface area contributed by atoms with Crippen LogP contribution in [0.4, 0.5) is 0 Å². The Bertz CT molecular complexity index is 381. The Kier molecular flexibility index (Phi) is 1.55. The Hall–Kier alpha value is -1.77. The molecule has 60 valence electrons. The normalized spacial score (nSPS) is 11.3. The van der Waals surface area contributed by atoms with E-state index in [-0.39, 0.29) is 0 Å². The molecule has 1 aromatic heterocycles. The van der Waals surface area contributed by atoms with Crippen molar-refractivity contribution in [1.29, 1.82) is 0 Å². The zero-order valence-corrected chi connectivity index (χ0v) is 6.49. The maximum Gasteiger partial charge on any atom is 0.132 e. The van der Waals surface area contributed by atoms with E-state index in [9.17, 15) is 0 Å². The summed E-state index contributed by atoms with van der Waals surface area (Å²) in [5.74, 6) is 0.790. The second-order valence-electron chi connectivity index (χ2n) is 2.50. The van der Waals surface area contributed by atoms with Crippen LogP contribution in [-0.4, -0.2) is 9.97 Å². The second-order valence-corrected chi connectivity index (χ2v) is 2.50. The third-order valence-electron chi connectivity index (χ3n) is 1.66. The Labute approximate surface area is 69.9 Å². The molecule has 0 bridgehead atoms. The fourth-order valence-corrected chi connectivity index (χ4v) is 1.14. The van der Waals surface area contributed by atoms with Gasteiger partial charge in [0.25, 0.3) is 0 Å². The summed E-state index contributed by atoms with van der Waals surface area (Å²) in [4.78, 5) is 7.40. The number of benzene rings is 1. The molecule has 3 N–H and O–H groups in total. The predicted octanol–water partition coefficient (Wildman–Crippen LogP) is 1.49. The highest BCUT2D eigenvalue weighted by atomic mass is 14.9. The van der Waals surface area contributed by atoms with Crippen molar-refractivity contribution in [1.82, 2.24) is 9.97 Å². The first-order valence-electron chi connectivity index (χ1n) is 3.73. The minimum atomic E-state index is 0.790. The van der Waals surface area contributed by atoms with Crippen LogP contribution in [0.2, 0.25) is 0 Å². The fraction of sp³-hybridized carbons (Fsp3) is 0. The molecule has 1 aromatic carbocycles. The van der Waals surface area contributed by atoms with Gasteiger partial charge in [0.05, 0.1) is 11.0 Å². The number of hydrogen-bond acceptors (Lipinski definition) is 2. The molecule has 0 aliphatic carbocycles. The molecule has 0 fully saturated rings. The van der Waals surface area contributed by atoms with E-state index in [0.717, 1.165) is 16.9 Å². The van der Waals surface area contributed by atoms with Crippen molar-refractivity contribution in [3.05, 3.63) is 36.3 Å². The zero-order chi connectivity index (χ0) is 8.39. The quantitative estimate of drug-likeness (QED) is 0.662. The summed E-state index contributed by atoms with van der Waals surface area (Å²) in [5, 5.41) is 0. The van der Waals surface area contributed by atoms with E-state index in [0.29, 0.717) is 0 Å². The van der Waals surface area contributed by atoms with Crippen LogP contribution >= 0.6 is 0 Å². The molecule has 0 aliphatic heterocycles. The largest absolute Gasteiger partial charge is 0.404 e. The van der Waals surface area contributed by atoms with Gasteiger partial charge in [0.2, 0.25) is 0 Å². The topological polar surface area (TPSA) is 54.7 Å². The summed E-state index contributed by atoms with van der Waals surface area (Å²) in [5.41, 5.74) is 7.24. The van der Waals surface area contributed by atoms with Crippen LogP contribution in [0.5, 0.6) is 0 Å². The smallest absolute Gasteiger partial charge is 0.132 e. The van der Waals surface area contributed by atoms with Gasteiger partial charge in [-0.1, -0.05) is 12.1 Å². The van der Waals surface area contributed by atoms with Crippen LogP contribution in [0.3, 0.4) is 0 Å². The van der Waals surface area contributed by atoms with Gasteiger partial charge in [-0.3, -0.25) is 0 Å². The Morgan fingerprint density at radius 3 is 2.92 bits per heavy atom. The van der Waals surface area contributed by atoms with Gasteiger partial charge in [0.15, 0.2) is 0 Å². The van der Waals surface area contributed by atoms with E-state index in [1.165, 1.54) is 6.20 Å². The molecule has 0 atom stereocenters. The second kappa shape index (κ2) is 2.70. The number of nitrogens with zero attached hydrogens (tertiary/aromatic N) is 1. The number of nitrogens with one attached hydrogen (secondary N) is 1. The van der Waals surface area contributed by atoms with Gasteiger partial charge in [-0.15, -0.1) is 0 Å². The lowest BCUT2D eigenvalue weighted by atomic mass is 10.3. The molecule has 0 saturated heterocycles. The van der Waals surface area contributed by atoms with Crippen LogP contribution < -0.4 is 5.73 Å². The van der Waals surface area contributed by atoms with Gasteiger partial charge in [-0.2, -0.15) is 0 Å². The van der Waals surface area contributed by atoms with E-state index >= 15 is 0 Å². The van der Waals surface area contributed by atoms with Crippen molar-refractivity contribution >= 4 is 17.1 Å². The highest BCUT2D eigenvalue weighted by Crippen LogP contribution is 2.10. The average molecular weight is 159 g/mol. The molecule has 0 saturated carbocycles. The number of H-pyrrole nitrogens is 1. The standard InChI is InChI=1S/C9H9N3/c10-6-5-9-11-7-3-1-2-4-8(7)12-9/h1-6H,10H2,(H,11,12)/b6-5+. The molecular weight excluding hydrogens is 150 g/mol. The van der Waals surface area contributed by atoms with Crippen molar-refractivity contribution in [2.75, 3.05) is 0 Å². The highest BCUT2D eigenvalue weighted by molar-refractivity contribution is 5.76. The molecule has 0 radical (unpaired) electrons. The van der Waals surface area contributed by atoms with E-state index < -0.39 is 0 Å². The van der Waals surface area contributed by atoms with Crippen molar-refractivity contribution in [3.63, 3.8) is 0 Å². The Morgan fingerprint density at radius 1 is 1.33 bits per heavy atom. The van der Waals surface area contributed by atoms with Crippen molar-refractivity contribution in [2.45, 2.75) is 0 Å². The van der Waals surface area contributed by atoms with E-state index in [1.54, 1.807) is 6.08 Å². The molecule has 0 amide bonds. The monoisotopic (exact) mass is 159 g/mol. The minimum Gasteiger partial charge on any atom is -0.404 e. The summed E-state index contributed by atoms with van der Waals surface area (Å²) in [6.07, 6.45) is 3.21. The molecule has 2 rings (SSSR count). The SMILES string of the molecule is N/C=C/c1nc2ccccc2[nH]1. The maximum absolute atomic E-state index is 5.24.